The van der Waals surface area contributed by atoms with Crippen LogP contribution in [0.3, 0.4) is 0 Å². The lowest BCUT2D eigenvalue weighted by atomic mass is 10.2. The molecular weight excluding hydrogens is 527 g/mol. The third-order valence-electron chi connectivity index (χ3n) is 3.56. The largest absolute Gasteiger partial charge is 0.443 e. The highest BCUT2D eigenvalue weighted by Gasteiger charge is 2.24. The van der Waals surface area contributed by atoms with Crippen molar-refractivity contribution in [3.05, 3.63) is 52.8 Å². The number of carbonyl (C=O) groups is 2. The van der Waals surface area contributed by atoms with Crippen LogP contribution in [0.4, 0.5) is 9.93 Å². The Bertz CT molecular complexity index is 1070. The second-order valence-electron chi connectivity index (χ2n) is 7.09. The summed E-state index contributed by atoms with van der Waals surface area (Å²) in [5.41, 5.74) is 1.35. The summed E-state index contributed by atoms with van der Waals surface area (Å²) in [5, 5.41) is 3.61. The molecule has 0 aliphatic carbocycles. The van der Waals surface area contributed by atoms with E-state index in [4.69, 9.17) is 16.3 Å². The van der Waals surface area contributed by atoms with Gasteiger partial charge >= 0.3 is 6.09 Å². The van der Waals surface area contributed by atoms with Crippen molar-refractivity contribution >= 4 is 73.2 Å². The molecule has 1 aromatic carbocycles. The highest BCUT2D eigenvalue weighted by atomic mass is 127. The predicted octanol–water partition coefficient (Wildman–Crippen LogP) is 5.37. The third kappa shape index (κ3) is 5.77. The number of hydrogen-bond donors (Lipinski definition) is 1. The zero-order chi connectivity index (χ0) is 21.2. The maximum Gasteiger partial charge on any atom is 0.425 e. The summed E-state index contributed by atoms with van der Waals surface area (Å²) in [5.74, 6) is -0.305. The summed E-state index contributed by atoms with van der Waals surface area (Å²) in [6.45, 7) is 5.77. The van der Waals surface area contributed by atoms with Crippen LogP contribution in [0.5, 0.6) is 0 Å². The Balaban J connectivity index is 1.70. The number of pyridine rings is 1. The van der Waals surface area contributed by atoms with Crippen molar-refractivity contribution in [1.29, 1.82) is 0 Å². The summed E-state index contributed by atoms with van der Waals surface area (Å²) in [6, 6.07) is 10.6. The van der Waals surface area contributed by atoms with Crippen LogP contribution in [0.15, 0.2) is 36.4 Å². The molecule has 0 radical (unpaired) electrons. The number of carbonyl (C=O) groups excluding carboxylic acids is 2. The topological polar surface area (TPSA) is 84.4 Å². The fraction of sp³-hybridized carbons (Fsp3) is 0.263. The van der Waals surface area contributed by atoms with Gasteiger partial charge in [-0.25, -0.2) is 14.8 Å². The molecule has 0 bridgehead atoms. The van der Waals surface area contributed by atoms with Crippen LogP contribution >= 0.6 is 45.8 Å². The SMILES string of the molecule is CC(C)(C)OC(=O)N(I)c1nc2ccc(CNC(=O)c3cccc(Cl)n3)cc2s1. The lowest BCUT2D eigenvalue weighted by molar-refractivity contribution is 0.0617. The van der Waals surface area contributed by atoms with Gasteiger partial charge < -0.3 is 10.1 Å². The first kappa shape index (κ1) is 21.7. The Hall–Kier alpha value is -1.98. The van der Waals surface area contributed by atoms with E-state index in [2.05, 4.69) is 15.3 Å². The predicted molar refractivity (Wildman–Crippen MR) is 123 cm³/mol. The minimum Gasteiger partial charge on any atom is -0.443 e. The molecule has 0 aliphatic rings. The minimum absolute atomic E-state index is 0.261. The molecule has 0 fully saturated rings. The molecule has 3 aromatic rings. The van der Waals surface area contributed by atoms with E-state index in [1.165, 1.54) is 14.5 Å². The number of halogens is 2. The molecule has 29 heavy (non-hydrogen) atoms. The molecule has 1 N–H and O–H groups in total. The van der Waals surface area contributed by atoms with Crippen LogP contribution in [0, 0.1) is 0 Å². The number of ether oxygens (including phenoxy) is 1. The normalized spacial score (nSPS) is 11.3. The summed E-state index contributed by atoms with van der Waals surface area (Å²) >= 11 is 9.08. The lowest BCUT2D eigenvalue weighted by Gasteiger charge is -2.21. The van der Waals surface area contributed by atoms with E-state index in [1.54, 1.807) is 18.2 Å². The van der Waals surface area contributed by atoms with Gasteiger partial charge in [-0.15, -0.1) is 0 Å². The first-order valence-electron chi connectivity index (χ1n) is 8.61. The second-order valence-corrected chi connectivity index (χ2v) is 9.45. The van der Waals surface area contributed by atoms with Gasteiger partial charge in [0.1, 0.15) is 16.4 Å². The molecule has 3 rings (SSSR count). The van der Waals surface area contributed by atoms with Gasteiger partial charge in [0.05, 0.1) is 33.1 Å². The van der Waals surface area contributed by atoms with Crippen molar-refractivity contribution < 1.29 is 14.3 Å². The van der Waals surface area contributed by atoms with Gasteiger partial charge in [-0.05, 0) is 50.6 Å². The molecule has 2 amide bonds. The number of amides is 2. The van der Waals surface area contributed by atoms with Crippen LogP contribution in [-0.2, 0) is 11.3 Å². The first-order valence-corrected chi connectivity index (χ1v) is 10.8. The van der Waals surface area contributed by atoms with Crippen LogP contribution in [0.1, 0.15) is 36.8 Å². The fourth-order valence-corrected chi connectivity index (χ4v) is 3.93. The number of aromatic nitrogens is 2. The van der Waals surface area contributed by atoms with E-state index >= 15 is 0 Å². The fourth-order valence-electron chi connectivity index (χ4n) is 2.34. The number of anilines is 1. The van der Waals surface area contributed by atoms with E-state index in [0.717, 1.165) is 15.8 Å². The van der Waals surface area contributed by atoms with Gasteiger partial charge in [-0.1, -0.05) is 35.1 Å². The van der Waals surface area contributed by atoms with Gasteiger partial charge in [-0.2, -0.15) is 3.11 Å². The number of nitrogens with one attached hydrogen (secondary N) is 1. The number of nitrogens with zero attached hydrogens (tertiary/aromatic N) is 3. The standard InChI is InChI=1S/C19H18ClIN4O3S/c1-19(2,3)28-18(27)25(21)17-24-12-8-7-11(9-14(12)29-17)10-22-16(26)13-5-4-6-15(20)23-13/h4-9H,10H2,1-3H3,(H,22,26). The van der Waals surface area contributed by atoms with E-state index in [0.29, 0.717) is 11.7 Å². The van der Waals surface area contributed by atoms with Gasteiger partial charge in [0.2, 0.25) is 5.13 Å². The van der Waals surface area contributed by atoms with Crippen molar-refractivity contribution in [3.63, 3.8) is 0 Å². The van der Waals surface area contributed by atoms with E-state index < -0.39 is 11.7 Å². The van der Waals surface area contributed by atoms with Crippen molar-refractivity contribution in [2.75, 3.05) is 3.11 Å². The molecule has 0 saturated heterocycles. The van der Waals surface area contributed by atoms with Crippen LogP contribution in [-0.4, -0.2) is 27.6 Å². The Morgan fingerprint density at radius 2 is 2.00 bits per heavy atom. The molecule has 0 spiro atoms. The Labute approximate surface area is 190 Å². The molecule has 10 heteroatoms. The van der Waals surface area contributed by atoms with Crippen LogP contribution in [0.25, 0.3) is 10.2 Å². The molecule has 0 unspecified atom stereocenters. The smallest absolute Gasteiger partial charge is 0.425 e. The highest BCUT2D eigenvalue weighted by Crippen LogP contribution is 2.32. The van der Waals surface area contributed by atoms with Crippen LogP contribution < -0.4 is 8.43 Å². The Kier molecular flexibility index (Phi) is 6.59. The van der Waals surface area contributed by atoms with E-state index in [9.17, 15) is 9.59 Å². The molecule has 0 atom stereocenters. The summed E-state index contributed by atoms with van der Waals surface area (Å²) in [6.07, 6.45) is -0.473. The zero-order valence-corrected chi connectivity index (χ0v) is 19.6. The van der Waals surface area contributed by atoms with Crippen molar-refractivity contribution in [2.24, 2.45) is 0 Å². The summed E-state index contributed by atoms with van der Waals surface area (Å²) in [7, 11) is 0. The minimum atomic E-state index is -0.583. The van der Waals surface area contributed by atoms with Crippen molar-refractivity contribution in [3.8, 4) is 0 Å². The van der Waals surface area contributed by atoms with Crippen molar-refractivity contribution in [2.45, 2.75) is 32.9 Å². The maximum atomic E-state index is 12.2. The highest BCUT2D eigenvalue weighted by molar-refractivity contribution is 14.1. The van der Waals surface area contributed by atoms with E-state index in [1.807, 2.05) is 61.8 Å². The monoisotopic (exact) mass is 544 g/mol. The number of fused-ring (bicyclic) bond motifs is 1. The average molecular weight is 545 g/mol. The van der Waals surface area contributed by atoms with E-state index in [-0.39, 0.29) is 16.8 Å². The molecule has 0 saturated carbocycles. The van der Waals surface area contributed by atoms with Gasteiger partial charge in [0.15, 0.2) is 0 Å². The number of hydrogen-bond acceptors (Lipinski definition) is 6. The maximum absolute atomic E-state index is 12.2. The average Bonchev–Trinajstić information content (AvgIpc) is 3.07. The zero-order valence-electron chi connectivity index (χ0n) is 15.9. The first-order chi connectivity index (χ1) is 13.6. The number of rotatable bonds is 4. The molecule has 152 valence electrons. The Morgan fingerprint density at radius 3 is 2.69 bits per heavy atom. The summed E-state index contributed by atoms with van der Waals surface area (Å²) < 4.78 is 7.63. The number of thiazole rings is 1. The van der Waals surface area contributed by atoms with Gasteiger partial charge in [-0.3, -0.25) is 4.79 Å². The summed E-state index contributed by atoms with van der Waals surface area (Å²) in [4.78, 5) is 32.9. The quantitative estimate of drug-likeness (QED) is 0.271. The van der Waals surface area contributed by atoms with Crippen LogP contribution in [0.2, 0.25) is 5.15 Å². The lowest BCUT2D eigenvalue weighted by Crippen LogP contribution is -2.30. The Morgan fingerprint density at radius 1 is 1.24 bits per heavy atom. The molecule has 2 aromatic heterocycles. The molecular formula is C19H18ClIN4O3S. The molecule has 0 aliphatic heterocycles. The van der Waals surface area contributed by atoms with Gasteiger partial charge in [0.25, 0.3) is 5.91 Å². The van der Waals surface area contributed by atoms with Crippen molar-refractivity contribution in [1.82, 2.24) is 15.3 Å². The third-order valence-corrected chi connectivity index (χ3v) is 5.96. The molecule has 7 nitrogen and oxygen atoms in total. The number of benzene rings is 1. The molecule has 2 heterocycles. The second kappa shape index (κ2) is 8.80. The van der Waals surface area contributed by atoms with Gasteiger partial charge in [0, 0.05) is 6.54 Å².